The third-order valence-electron chi connectivity index (χ3n) is 10.2. The number of rotatable bonds is 4. The lowest BCUT2D eigenvalue weighted by Gasteiger charge is -2.61. The molecule has 0 radical (unpaired) electrons. The molecule has 0 aromatic carbocycles. The molecule has 4 saturated carbocycles. The molecule has 0 spiro atoms. The lowest BCUT2D eigenvalue weighted by Crippen LogP contribution is -2.59. The number of ketones is 1. The van der Waals surface area contributed by atoms with E-state index in [1.54, 1.807) is 7.11 Å². The molecule has 5 fully saturated rings. The van der Waals surface area contributed by atoms with Gasteiger partial charge in [0.2, 0.25) is 0 Å². The Morgan fingerprint density at radius 2 is 1.97 bits per heavy atom. The number of alkyl halides is 1. The maximum Gasteiger partial charge on any atom is 0.173 e. The summed E-state index contributed by atoms with van der Waals surface area (Å²) in [4.78, 5) is 24.1. The van der Waals surface area contributed by atoms with Gasteiger partial charge in [-0.15, -0.1) is 0 Å². The highest BCUT2D eigenvalue weighted by molar-refractivity contribution is 5.97. The first kappa shape index (κ1) is 23.3. The number of nitrogens with zero attached hydrogens (tertiary/aromatic N) is 2. The Kier molecular flexibility index (Phi) is 6.07. The monoisotopic (exact) mass is 461 g/mol. The molecule has 0 amide bonds. The highest BCUT2D eigenvalue weighted by atomic mass is 19.1. The zero-order valence-corrected chi connectivity index (χ0v) is 20.6. The second-order valence-corrected chi connectivity index (χ2v) is 11.7. The van der Waals surface area contributed by atoms with Crippen LogP contribution in [-0.2, 0) is 14.5 Å². The summed E-state index contributed by atoms with van der Waals surface area (Å²) in [6, 6.07) is 0. The van der Waals surface area contributed by atoms with Gasteiger partial charge in [0.25, 0.3) is 0 Å². The van der Waals surface area contributed by atoms with E-state index in [4.69, 9.17) is 14.8 Å². The van der Waals surface area contributed by atoms with E-state index >= 15 is 0 Å². The molecule has 9 atom stereocenters. The van der Waals surface area contributed by atoms with Crippen molar-refractivity contribution < 1.29 is 18.9 Å². The maximum atomic E-state index is 14.6. The molecule has 6 unspecified atom stereocenters. The molecular weight excluding hydrogens is 421 g/mol. The molecule has 0 bridgehead atoms. The molecule has 4 aliphatic carbocycles. The smallest absolute Gasteiger partial charge is 0.173 e. The van der Waals surface area contributed by atoms with E-state index in [2.05, 4.69) is 24.3 Å². The Morgan fingerprint density at radius 3 is 2.67 bits per heavy atom. The predicted molar refractivity (Wildman–Crippen MR) is 126 cm³/mol. The van der Waals surface area contributed by atoms with Crippen LogP contribution < -0.4 is 5.32 Å². The third kappa shape index (κ3) is 3.55. The molecule has 0 aromatic heterocycles. The zero-order chi connectivity index (χ0) is 23.4. The van der Waals surface area contributed by atoms with Crippen LogP contribution in [0.1, 0.15) is 72.1 Å². The van der Waals surface area contributed by atoms with Crippen LogP contribution in [0.5, 0.6) is 0 Å². The number of carbonyl (C=O) groups is 1. The summed E-state index contributed by atoms with van der Waals surface area (Å²) in [5.74, 6) is 1.24. The van der Waals surface area contributed by atoms with E-state index in [9.17, 15) is 9.18 Å². The lowest BCUT2D eigenvalue weighted by molar-refractivity contribution is -0.136. The Balaban J connectivity index is 1.47. The highest BCUT2D eigenvalue weighted by Crippen LogP contribution is 2.65. The van der Waals surface area contributed by atoms with Crippen molar-refractivity contribution in [3.05, 3.63) is 0 Å². The van der Waals surface area contributed by atoms with Gasteiger partial charge in [-0.05, 0) is 74.7 Å². The van der Waals surface area contributed by atoms with E-state index in [0.717, 1.165) is 69.5 Å². The van der Waals surface area contributed by atoms with Gasteiger partial charge in [0.1, 0.15) is 13.2 Å². The molecule has 184 valence electrons. The van der Waals surface area contributed by atoms with Gasteiger partial charge in [-0.25, -0.2) is 4.39 Å². The van der Waals surface area contributed by atoms with Crippen LogP contribution in [0.15, 0.2) is 10.3 Å². The largest absolute Gasteiger partial charge is 0.399 e. The Hall–Kier alpha value is -1.50. The fourth-order valence-corrected chi connectivity index (χ4v) is 8.58. The molecule has 6 nitrogen and oxygen atoms in total. The maximum absolute atomic E-state index is 14.6. The van der Waals surface area contributed by atoms with Gasteiger partial charge in [0, 0.05) is 30.2 Å². The standard InChI is InChI=1S/C26H40FN3O3/c1-5-16-21(30-33-15-8-11-28-14-15)7-10-25(2)18-6-9-26(3)19(13-20(27)24(26)31)17(18)12-22(23(16)25)29-32-4/h15-20,23,28H,5-14H2,1-4H3/b29-22+,30-21?/t15?,16-,17?,18?,19?,20?,23?,25+,26-/m0/s1. The van der Waals surface area contributed by atoms with Crippen LogP contribution in [0.4, 0.5) is 4.39 Å². The summed E-state index contributed by atoms with van der Waals surface area (Å²) in [6.07, 6.45) is 5.80. The summed E-state index contributed by atoms with van der Waals surface area (Å²) in [7, 11) is 1.62. The number of hydrogen-bond donors (Lipinski definition) is 1. The minimum Gasteiger partial charge on any atom is -0.399 e. The van der Waals surface area contributed by atoms with Crippen molar-refractivity contribution in [2.45, 2.75) is 84.4 Å². The first-order valence-corrected chi connectivity index (χ1v) is 13.0. The topological polar surface area (TPSA) is 72.3 Å². The van der Waals surface area contributed by atoms with E-state index in [1.807, 2.05) is 6.92 Å². The summed E-state index contributed by atoms with van der Waals surface area (Å²) < 4.78 is 14.6. The van der Waals surface area contributed by atoms with Crippen LogP contribution in [0, 0.1) is 40.4 Å². The molecule has 1 aliphatic heterocycles. The first-order valence-electron chi connectivity index (χ1n) is 13.0. The molecule has 33 heavy (non-hydrogen) atoms. The van der Waals surface area contributed by atoms with Gasteiger partial charge in [-0.3, -0.25) is 4.79 Å². The molecule has 5 aliphatic rings. The molecule has 7 heteroatoms. The van der Waals surface area contributed by atoms with E-state index in [1.165, 1.54) is 0 Å². The van der Waals surface area contributed by atoms with E-state index in [-0.39, 0.29) is 35.1 Å². The van der Waals surface area contributed by atoms with Crippen molar-refractivity contribution in [2.24, 2.45) is 50.7 Å². The highest BCUT2D eigenvalue weighted by Gasteiger charge is 2.65. The van der Waals surface area contributed by atoms with Crippen LogP contribution >= 0.6 is 0 Å². The summed E-state index contributed by atoms with van der Waals surface area (Å²) >= 11 is 0. The summed E-state index contributed by atoms with van der Waals surface area (Å²) in [6.45, 7) is 8.54. The van der Waals surface area contributed by atoms with E-state index < -0.39 is 11.6 Å². The average molecular weight is 462 g/mol. The number of fused-ring (bicyclic) bond motifs is 5. The minimum absolute atomic E-state index is 0.0493. The van der Waals surface area contributed by atoms with Crippen LogP contribution in [0.3, 0.4) is 0 Å². The van der Waals surface area contributed by atoms with Crippen LogP contribution in [-0.4, -0.2) is 49.7 Å². The molecule has 5 rings (SSSR count). The molecule has 1 saturated heterocycles. The van der Waals surface area contributed by atoms with Gasteiger partial charge < -0.3 is 15.0 Å². The number of carbonyl (C=O) groups excluding carboxylic acids is 1. The van der Waals surface area contributed by atoms with Gasteiger partial charge in [0.15, 0.2) is 12.0 Å². The number of Topliss-reactive ketones (excluding diaryl/α,β-unsaturated/α-hetero) is 1. The van der Waals surface area contributed by atoms with Gasteiger partial charge >= 0.3 is 0 Å². The quantitative estimate of drug-likeness (QED) is 0.625. The Bertz CT molecular complexity index is 841. The van der Waals surface area contributed by atoms with Crippen molar-refractivity contribution in [1.82, 2.24) is 5.32 Å². The third-order valence-corrected chi connectivity index (χ3v) is 10.2. The van der Waals surface area contributed by atoms with Gasteiger partial charge in [-0.1, -0.05) is 31.1 Å². The number of nitrogens with one attached hydrogen (secondary N) is 1. The SMILES string of the molecule is CC[C@H]1C(=NOC2CCNC2)CC[C@]2(C)C3CC[C@]4(C)C(=O)C(F)CC4C3C/C(=N\OC)C12. The summed E-state index contributed by atoms with van der Waals surface area (Å²) in [5.41, 5.74) is 1.78. The predicted octanol–water partition coefficient (Wildman–Crippen LogP) is 4.53. The Labute approximate surface area is 197 Å². The number of hydrogen-bond acceptors (Lipinski definition) is 6. The molecule has 1 N–H and O–H groups in total. The Morgan fingerprint density at radius 1 is 1.15 bits per heavy atom. The number of oxime groups is 2. The fourth-order valence-electron chi connectivity index (χ4n) is 8.58. The fraction of sp³-hybridized carbons (Fsp3) is 0.885. The van der Waals surface area contributed by atoms with Gasteiger partial charge in [0.05, 0.1) is 11.4 Å². The van der Waals surface area contributed by atoms with Crippen LogP contribution in [0.25, 0.3) is 0 Å². The van der Waals surface area contributed by atoms with Crippen molar-refractivity contribution in [3.8, 4) is 0 Å². The second kappa shape index (κ2) is 8.62. The number of halogens is 1. The normalized spacial score (nSPS) is 49.6. The zero-order valence-electron chi connectivity index (χ0n) is 20.6. The van der Waals surface area contributed by atoms with Crippen molar-refractivity contribution in [1.29, 1.82) is 0 Å². The van der Waals surface area contributed by atoms with E-state index in [0.29, 0.717) is 18.3 Å². The first-order chi connectivity index (χ1) is 15.8. The van der Waals surface area contributed by atoms with Crippen molar-refractivity contribution in [2.75, 3.05) is 20.2 Å². The molecule has 1 heterocycles. The average Bonchev–Trinajstić information content (AvgIpc) is 3.40. The van der Waals surface area contributed by atoms with Crippen molar-refractivity contribution >= 4 is 17.2 Å². The van der Waals surface area contributed by atoms with Crippen LogP contribution in [0.2, 0.25) is 0 Å². The molecule has 0 aromatic rings. The molecular formula is C26H40FN3O3. The van der Waals surface area contributed by atoms with Crippen molar-refractivity contribution in [3.63, 3.8) is 0 Å². The lowest BCUT2D eigenvalue weighted by atomic mass is 9.43. The second-order valence-electron chi connectivity index (χ2n) is 11.7. The van der Waals surface area contributed by atoms with Gasteiger partial charge in [-0.2, -0.15) is 0 Å². The summed E-state index contributed by atoms with van der Waals surface area (Å²) in [5, 5.41) is 12.6. The minimum atomic E-state index is -1.30.